The van der Waals surface area contributed by atoms with E-state index in [1.54, 1.807) is 0 Å². The van der Waals surface area contributed by atoms with Gasteiger partial charge in [0.25, 0.3) is 0 Å². The topological polar surface area (TPSA) is 69.4 Å². The highest BCUT2D eigenvalue weighted by Crippen LogP contribution is 2.23. The summed E-state index contributed by atoms with van der Waals surface area (Å²) in [6, 6.07) is 7.94. The van der Waals surface area contributed by atoms with Gasteiger partial charge in [-0.25, -0.2) is 0 Å². The van der Waals surface area contributed by atoms with Gasteiger partial charge in [-0.2, -0.15) is 0 Å². The van der Waals surface area contributed by atoms with Crippen LogP contribution in [0.4, 0.5) is 5.69 Å². The van der Waals surface area contributed by atoms with E-state index in [1.165, 1.54) is 6.39 Å². The van der Waals surface area contributed by atoms with Gasteiger partial charge < -0.3 is 19.2 Å². The Kier molecular flexibility index (Phi) is 3.42. The first-order valence-electron chi connectivity index (χ1n) is 6.53. The fourth-order valence-corrected chi connectivity index (χ4v) is 2.05. The Labute approximate surface area is 117 Å². The number of hydrogen-bond acceptors (Lipinski definition) is 6. The van der Waals surface area contributed by atoms with Crippen LogP contribution in [0.25, 0.3) is 11.5 Å². The van der Waals surface area contributed by atoms with Crippen LogP contribution in [0.2, 0.25) is 0 Å². The van der Waals surface area contributed by atoms with Crippen molar-refractivity contribution in [2.24, 2.45) is 0 Å². The largest absolute Gasteiger partial charge is 0.423 e. The maximum atomic E-state index is 5.63. The minimum atomic E-state index is -0.496. The molecule has 3 rings (SSSR count). The molecule has 1 fully saturated rings. The van der Waals surface area contributed by atoms with Gasteiger partial charge in [0.05, 0.1) is 19.3 Å². The second-order valence-electron chi connectivity index (χ2n) is 5.19. The van der Waals surface area contributed by atoms with E-state index in [0.29, 0.717) is 19.1 Å². The van der Waals surface area contributed by atoms with E-state index in [1.807, 2.05) is 38.1 Å². The first-order chi connectivity index (χ1) is 9.62. The molecule has 0 aliphatic carbocycles. The van der Waals surface area contributed by atoms with Crippen LogP contribution < -0.4 is 5.32 Å². The van der Waals surface area contributed by atoms with E-state index < -0.39 is 5.79 Å². The summed E-state index contributed by atoms with van der Waals surface area (Å²) < 4.78 is 16.4. The van der Waals surface area contributed by atoms with E-state index in [0.717, 1.165) is 11.3 Å². The van der Waals surface area contributed by atoms with Crippen molar-refractivity contribution in [3.63, 3.8) is 0 Å². The molecule has 0 amide bonds. The van der Waals surface area contributed by atoms with Gasteiger partial charge in [-0.1, -0.05) is 6.07 Å². The number of rotatable bonds is 3. The van der Waals surface area contributed by atoms with Gasteiger partial charge in [-0.15, -0.1) is 10.2 Å². The van der Waals surface area contributed by atoms with Crippen molar-refractivity contribution in [2.75, 3.05) is 18.5 Å². The van der Waals surface area contributed by atoms with Crippen LogP contribution >= 0.6 is 0 Å². The summed E-state index contributed by atoms with van der Waals surface area (Å²) in [7, 11) is 0. The normalized spacial score (nSPS) is 18.9. The zero-order valence-electron chi connectivity index (χ0n) is 11.5. The molecule has 0 saturated carbocycles. The van der Waals surface area contributed by atoms with Crippen LogP contribution in [0.5, 0.6) is 0 Å². The van der Waals surface area contributed by atoms with Gasteiger partial charge in [-0.05, 0) is 32.0 Å². The highest BCUT2D eigenvalue weighted by Gasteiger charge is 2.28. The van der Waals surface area contributed by atoms with Crippen molar-refractivity contribution in [3.8, 4) is 11.5 Å². The highest BCUT2D eigenvalue weighted by atomic mass is 16.7. The van der Waals surface area contributed by atoms with Crippen LogP contribution in [-0.2, 0) is 9.47 Å². The Bertz CT molecular complexity index is 559. The summed E-state index contributed by atoms with van der Waals surface area (Å²) in [6.45, 7) is 5.05. The molecule has 6 heteroatoms. The fourth-order valence-electron chi connectivity index (χ4n) is 2.05. The molecule has 0 radical (unpaired) electrons. The number of anilines is 1. The molecule has 0 spiro atoms. The highest BCUT2D eigenvalue weighted by molar-refractivity contribution is 5.61. The minimum Gasteiger partial charge on any atom is -0.423 e. The van der Waals surface area contributed by atoms with E-state index >= 15 is 0 Å². The zero-order valence-corrected chi connectivity index (χ0v) is 11.5. The van der Waals surface area contributed by atoms with Crippen molar-refractivity contribution in [2.45, 2.75) is 25.7 Å². The second kappa shape index (κ2) is 5.22. The number of hydrogen-bond donors (Lipinski definition) is 1. The van der Waals surface area contributed by atoms with Gasteiger partial charge in [0, 0.05) is 11.3 Å². The quantitative estimate of drug-likeness (QED) is 0.927. The van der Waals surface area contributed by atoms with Crippen LogP contribution in [0, 0.1) is 0 Å². The maximum Gasteiger partial charge on any atom is 0.247 e. The monoisotopic (exact) mass is 275 g/mol. The molecule has 1 N–H and O–H groups in total. The molecule has 1 aliphatic rings. The summed E-state index contributed by atoms with van der Waals surface area (Å²) in [6.07, 6.45) is 1.32. The number of nitrogens with zero attached hydrogens (tertiary/aromatic N) is 2. The Morgan fingerprint density at radius 3 is 2.75 bits per heavy atom. The molecule has 0 bridgehead atoms. The molecule has 1 aromatic carbocycles. The smallest absolute Gasteiger partial charge is 0.247 e. The molecule has 1 aliphatic heterocycles. The molecule has 1 aromatic heterocycles. The second-order valence-corrected chi connectivity index (χ2v) is 5.19. The van der Waals surface area contributed by atoms with Crippen molar-refractivity contribution < 1.29 is 13.9 Å². The predicted octanol–water partition coefficient (Wildman–Crippen LogP) is 2.30. The van der Waals surface area contributed by atoms with Crippen LogP contribution in [0.15, 0.2) is 35.1 Å². The Morgan fingerprint density at radius 2 is 2.05 bits per heavy atom. The van der Waals surface area contributed by atoms with E-state index in [4.69, 9.17) is 13.9 Å². The third kappa shape index (κ3) is 2.97. The van der Waals surface area contributed by atoms with E-state index in [9.17, 15) is 0 Å². The van der Waals surface area contributed by atoms with Gasteiger partial charge in [0.1, 0.15) is 0 Å². The molecule has 20 heavy (non-hydrogen) atoms. The molecule has 0 atom stereocenters. The molecule has 2 heterocycles. The van der Waals surface area contributed by atoms with Crippen molar-refractivity contribution in [1.29, 1.82) is 0 Å². The molecular formula is C14H17N3O3. The Balaban J connectivity index is 1.68. The lowest BCUT2D eigenvalue weighted by Crippen LogP contribution is -2.45. The SMILES string of the molecule is CC1(C)OCC(Nc2cccc(-c3nnco3)c2)CO1. The van der Waals surface area contributed by atoms with Gasteiger partial charge >= 0.3 is 0 Å². The van der Waals surface area contributed by atoms with E-state index in [-0.39, 0.29) is 6.04 Å². The fraction of sp³-hybridized carbons (Fsp3) is 0.429. The van der Waals surface area contributed by atoms with E-state index in [2.05, 4.69) is 15.5 Å². The number of nitrogens with one attached hydrogen (secondary N) is 1. The summed E-state index contributed by atoms with van der Waals surface area (Å²) in [4.78, 5) is 0. The Hall–Kier alpha value is -1.92. The standard InChI is InChI=1S/C14H17N3O3/c1-14(2)19-7-12(8-20-14)16-11-5-3-4-10(6-11)13-17-15-9-18-13/h3-6,9,12,16H,7-8H2,1-2H3. The average Bonchev–Trinajstić information content (AvgIpc) is 2.96. The molecule has 2 aromatic rings. The molecule has 106 valence electrons. The first-order valence-corrected chi connectivity index (χ1v) is 6.53. The average molecular weight is 275 g/mol. The number of ether oxygens (including phenoxy) is 2. The molecule has 6 nitrogen and oxygen atoms in total. The summed E-state index contributed by atoms with van der Waals surface area (Å²) in [5.41, 5.74) is 1.85. The lowest BCUT2D eigenvalue weighted by atomic mass is 10.2. The zero-order chi connectivity index (χ0) is 14.0. The predicted molar refractivity (Wildman–Crippen MR) is 73.1 cm³/mol. The first kappa shape index (κ1) is 13.1. The molecular weight excluding hydrogens is 258 g/mol. The number of aromatic nitrogens is 2. The van der Waals surface area contributed by atoms with Gasteiger partial charge in [0.15, 0.2) is 5.79 Å². The Morgan fingerprint density at radius 1 is 1.25 bits per heavy atom. The lowest BCUT2D eigenvalue weighted by molar-refractivity contribution is -0.247. The third-order valence-electron chi connectivity index (χ3n) is 3.10. The van der Waals surface area contributed by atoms with Crippen LogP contribution in [0.3, 0.4) is 0 Å². The van der Waals surface area contributed by atoms with Crippen LogP contribution in [0.1, 0.15) is 13.8 Å². The summed E-state index contributed by atoms with van der Waals surface area (Å²) in [5.74, 6) is 0.00924. The lowest BCUT2D eigenvalue weighted by Gasteiger charge is -2.35. The van der Waals surface area contributed by atoms with Gasteiger partial charge in [-0.3, -0.25) is 0 Å². The van der Waals surface area contributed by atoms with Gasteiger partial charge in [0.2, 0.25) is 12.3 Å². The molecule has 0 unspecified atom stereocenters. The van der Waals surface area contributed by atoms with Crippen molar-refractivity contribution in [3.05, 3.63) is 30.7 Å². The number of benzene rings is 1. The maximum absolute atomic E-state index is 5.63. The van der Waals surface area contributed by atoms with Crippen molar-refractivity contribution in [1.82, 2.24) is 10.2 Å². The third-order valence-corrected chi connectivity index (χ3v) is 3.10. The summed E-state index contributed by atoms with van der Waals surface area (Å²) in [5, 5.41) is 11.0. The minimum absolute atomic E-state index is 0.126. The van der Waals surface area contributed by atoms with Crippen molar-refractivity contribution >= 4 is 5.69 Å². The summed E-state index contributed by atoms with van der Waals surface area (Å²) >= 11 is 0. The molecule has 1 saturated heterocycles. The van der Waals surface area contributed by atoms with Crippen LogP contribution in [-0.4, -0.2) is 35.2 Å².